The molecule has 0 bridgehead atoms. The van der Waals surface area contributed by atoms with Crippen LogP contribution in [0.1, 0.15) is 51.4 Å². The van der Waals surface area contributed by atoms with E-state index in [9.17, 15) is 38.7 Å². The average Bonchev–Trinajstić information content (AvgIpc) is 2.83. The molecule has 0 aliphatic carbocycles. The average molecular weight is 561 g/mol. The van der Waals surface area contributed by atoms with Crippen LogP contribution in [-0.4, -0.2) is 93.5 Å². The van der Waals surface area contributed by atoms with Gasteiger partial charge in [0.25, 0.3) is 0 Å². The van der Waals surface area contributed by atoms with Crippen molar-refractivity contribution in [1.29, 1.82) is 0 Å². The van der Waals surface area contributed by atoms with E-state index in [4.69, 9.17) is 33.1 Å². The summed E-state index contributed by atoms with van der Waals surface area (Å²) in [5, 5.41) is 33.9. The standard InChI is InChI=1S/C21H36N8O10/c22-10(3-7-15(31)32)17(35)27-11(4-6-14(23)30)18(36)28-12(5-8-16(33)34)19(37)29-13(20(38)39)2-1-9-26-21(24)25/h10-13H,1-9,22H2,(H2,23,30)(H,27,35)(H,28,36)(H,29,37)(H,31,32)(H,33,34)(H,38,39)(H4,24,25,26). The van der Waals surface area contributed by atoms with Gasteiger partial charge in [0.15, 0.2) is 5.96 Å². The molecule has 0 rings (SSSR count). The van der Waals surface area contributed by atoms with Gasteiger partial charge in [0.1, 0.15) is 18.1 Å². The number of aliphatic carboxylic acids is 3. The summed E-state index contributed by atoms with van der Waals surface area (Å²) in [7, 11) is 0. The van der Waals surface area contributed by atoms with Crippen molar-refractivity contribution in [3.05, 3.63) is 0 Å². The molecule has 4 unspecified atom stereocenters. The smallest absolute Gasteiger partial charge is 0.326 e. The molecule has 0 fully saturated rings. The third kappa shape index (κ3) is 16.1. The normalized spacial score (nSPS) is 13.6. The Labute approximate surface area is 222 Å². The lowest BCUT2D eigenvalue weighted by molar-refractivity contribution is -0.143. The number of nitrogens with zero attached hydrogens (tertiary/aromatic N) is 1. The third-order valence-corrected chi connectivity index (χ3v) is 5.16. The van der Waals surface area contributed by atoms with Crippen molar-refractivity contribution in [3.63, 3.8) is 0 Å². The van der Waals surface area contributed by atoms with Crippen LogP contribution in [0.3, 0.4) is 0 Å². The van der Waals surface area contributed by atoms with Gasteiger partial charge < -0.3 is 54.2 Å². The van der Waals surface area contributed by atoms with E-state index in [1.807, 2.05) is 0 Å². The second-order valence-electron chi connectivity index (χ2n) is 8.45. The minimum absolute atomic E-state index is 0.0804. The number of guanidine groups is 1. The molecule has 0 aromatic heterocycles. The largest absolute Gasteiger partial charge is 0.481 e. The Morgan fingerprint density at radius 3 is 1.56 bits per heavy atom. The Morgan fingerprint density at radius 1 is 0.641 bits per heavy atom. The van der Waals surface area contributed by atoms with Crippen molar-refractivity contribution >= 4 is 47.5 Å². The van der Waals surface area contributed by atoms with Gasteiger partial charge in [-0.05, 0) is 32.1 Å². The first kappa shape index (κ1) is 34.5. The molecule has 4 amide bonds. The fraction of sp³-hybridized carbons (Fsp3) is 0.619. The first-order valence-electron chi connectivity index (χ1n) is 11.8. The number of nitrogens with one attached hydrogen (secondary N) is 3. The van der Waals surface area contributed by atoms with E-state index in [1.54, 1.807) is 0 Å². The minimum Gasteiger partial charge on any atom is -0.481 e. The summed E-state index contributed by atoms with van der Waals surface area (Å²) < 4.78 is 0. The highest BCUT2D eigenvalue weighted by molar-refractivity contribution is 5.94. The van der Waals surface area contributed by atoms with Crippen molar-refractivity contribution in [2.24, 2.45) is 27.9 Å². The van der Waals surface area contributed by atoms with Crippen molar-refractivity contribution in [1.82, 2.24) is 16.0 Å². The van der Waals surface area contributed by atoms with Crippen LogP contribution in [-0.2, 0) is 33.6 Å². The second kappa shape index (κ2) is 17.9. The Kier molecular flexibility index (Phi) is 15.8. The highest BCUT2D eigenvalue weighted by atomic mass is 16.4. The molecule has 4 atom stereocenters. The Morgan fingerprint density at radius 2 is 1.10 bits per heavy atom. The summed E-state index contributed by atoms with van der Waals surface area (Å²) in [5.74, 6) is -7.89. The van der Waals surface area contributed by atoms with E-state index in [2.05, 4.69) is 20.9 Å². The van der Waals surface area contributed by atoms with Crippen LogP contribution in [0.2, 0.25) is 0 Å². The number of carboxylic acids is 3. The highest BCUT2D eigenvalue weighted by Gasteiger charge is 2.30. The van der Waals surface area contributed by atoms with Gasteiger partial charge in [-0.25, -0.2) is 4.79 Å². The van der Waals surface area contributed by atoms with Gasteiger partial charge in [-0.1, -0.05) is 0 Å². The maximum Gasteiger partial charge on any atom is 0.326 e. The molecule has 18 nitrogen and oxygen atoms in total. The van der Waals surface area contributed by atoms with Crippen LogP contribution in [0, 0.1) is 0 Å². The molecule has 0 aromatic carbocycles. The maximum atomic E-state index is 12.9. The van der Waals surface area contributed by atoms with Crippen molar-refractivity contribution in [3.8, 4) is 0 Å². The molecule has 0 radical (unpaired) electrons. The van der Waals surface area contributed by atoms with Crippen LogP contribution >= 0.6 is 0 Å². The topological polar surface area (TPSA) is 333 Å². The molecule has 0 saturated carbocycles. The molecule has 0 heterocycles. The molecule has 220 valence electrons. The van der Waals surface area contributed by atoms with Gasteiger partial charge >= 0.3 is 17.9 Å². The number of rotatable bonds is 20. The van der Waals surface area contributed by atoms with E-state index in [0.29, 0.717) is 0 Å². The summed E-state index contributed by atoms with van der Waals surface area (Å²) in [6.07, 6.45) is -2.33. The predicted molar refractivity (Wildman–Crippen MR) is 133 cm³/mol. The van der Waals surface area contributed by atoms with Crippen molar-refractivity contribution < 1.29 is 48.9 Å². The Bertz CT molecular complexity index is 938. The zero-order valence-corrected chi connectivity index (χ0v) is 21.1. The van der Waals surface area contributed by atoms with Gasteiger partial charge in [0.05, 0.1) is 6.04 Å². The second-order valence-corrected chi connectivity index (χ2v) is 8.45. The molecule has 0 aliphatic heterocycles. The number of hydrogen-bond donors (Lipinski definition) is 10. The third-order valence-electron chi connectivity index (χ3n) is 5.16. The number of aliphatic imine (C=N–C) groups is 1. The van der Waals surface area contributed by atoms with Gasteiger partial charge in [0, 0.05) is 25.8 Å². The maximum absolute atomic E-state index is 12.9. The minimum atomic E-state index is -1.54. The Hall–Kier alpha value is -4.48. The summed E-state index contributed by atoms with van der Waals surface area (Å²) in [5.41, 5.74) is 21.2. The van der Waals surface area contributed by atoms with E-state index >= 15 is 0 Å². The lowest BCUT2D eigenvalue weighted by Crippen LogP contribution is -2.57. The molecule has 0 aromatic rings. The summed E-state index contributed by atoms with van der Waals surface area (Å²) in [4.78, 5) is 86.5. The number of nitrogens with two attached hydrogens (primary N) is 4. The molecular weight excluding hydrogens is 524 g/mol. The van der Waals surface area contributed by atoms with Gasteiger partial charge in [-0.2, -0.15) is 0 Å². The Balaban J connectivity index is 5.62. The van der Waals surface area contributed by atoms with E-state index in [-0.39, 0.29) is 44.6 Å². The number of primary amides is 1. The predicted octanol–water partition coefficient (Wildman–Crippen LogP) is -4.10. The first-order valence-corrected chi connectivity index (χ1v) is 11.8. The van der Waals surface area contributed by atoms with Crippen LogP contribution in [0.5, 0.6) is 0 Å². The summed E-state index contributed by atoms with van der Waals surface area (Å²) in [6, 6.07) is -5.74. The number of carboxylic acid groups (broad SMARTS) is 3. The molecule has 0 spiro atoms. The van der Waals surface area contributed by atoms with E-state index in [0.717, 1.165) is 0 Å². The van der Waals surface area contributed by atoms with E-state index in [1.165, 1.54) is 0 Å². The monoisotopic (exact) mass is 560 g/mol. The van der Waals surface area contributed by atoms with Crippen LogP contribution in [0.4, 0.5) is 0 Å². The van der Waals surface area contributed by atoms with Crippen molar-refractivity contribution in [2.45, 2.75) is 75.5 Å². The number of amides is 4. The molecule has 18 heteroatoms. The zero-order chi connectivity index (χ0) is 30.1. The quantitative estimate of drug-likeness (QED) is 0.0385. The van der Waals surface area contributed by atoms with Crippen molar-refractivity contribution in [2.75, 3.05) is 6.54 Å². The molecule has 14 N–H and O–H groups in total. The number of hydrogen-bond acceptors (Lipinski definition) is 9. The highest BCUT2D eigenvalue weighted by Crippen LogP contribution is 2.06. The lowest BCUT2D eigenvalue weighted by atomic mass is 10.0. The van der Waals surface area contributed by atoms with Crippen LogP contribution in [0.15, 0.2) is 4.99 Å². The molecule has 0 aliphatic rings. The summed E-state index contributed by atoms with van der Waals surface area (Å²) >= 11 is 0. The lowest BCUT2D eigenvalue weighted by Gasteiger charge is -2.25. The fourth-order valence-electron chi connectivity index (χ4n) is 3.09. The van der Waals surface area contributed by atoms with Gasteiger partial charge in [0.2, 0.25) is 23.6 Å². The summed E-state index contributed by atoms with van der Waals surface area (Å²) in [6.45, 7) is 0.0804. The fourth-order valence-corrected chi connectivity index (χ4v) is 3.09. The molecular formula is C21H36N8O10. The van der Waals surface area contributed by atoms with Crippen LogP contribution < -0.4 is 38.9 Å². The number of carbonyl (C=O) groups excluding carboxylic acids is 4. The first-order chi connectivity index (χ1) is 18.1. The molecule has 0 saturated heterocycles. The van der Waals surface area contributed by atoms with Crippen LogP contribution in [0.25, 0.3) is 0 Å². The van der Waals surface area contributed by atoms with Gasteiger partial charge in [-0.15, -0.1) is 0 Å². The number of carbonyl (C=O) groups is 7. The van der Waals surface area contributed by atoms with E-state index < -0.39 is 85.0 Å². The SMILES string of the molecule is NC(=O)CCC(NC(=O)C(N)CCC(=O)O)C(=O)NC(CCC(=O)O)C(=O)NC(CCCN=C(N)N)C(=O)O. The zero-order valence-electron chi connectivity index (χ0n) is 21.1. The van der Waals surface area contributed by atoms with Gasteiger partial charge in [-0.3, -0.25) is 33.8 Å². The molecule has 39 heavy (non-hydrogen) atoms.